The predicted octanol–water partition coefficient (Wildman–Crippen LogP) is 2.31. The second kappa shape index (κ2) is 6.98. The third kappa shape index (κ3) is 3.08. The molecule has 0 aromatic heterocycles. The van der Waals surface area contributed by atoms with Crippen LogP contribution in [0.15, 0.2) is 12.2 Å². The fraction of sp³-hybridized carbons (Fsp3) is 0.818. The molecule has 160 valence electrons. The van der Waals surface area contributed by atoms with Gasteiger partial charge in [0.25, 0.3) is 0 Å². The number of hydrogen-bond acceptors (Lipinski definition) is 5. The number of carbonyl (C=O) groups is 1. The number of carboxylic acid groups (broad SMARTS) is 1. The van der Waals surface area contributed by atoms with E-state index in [1.807, 2.05) is 0 Å². The number of carboxylic acids is 1. The summed E-state index contributed by atoms with van der Waals surface area (Å²) in [6.45, 7) is 4.21. The van der Waals surface area contributed by atoms with E-state index in [-0.39, 0.29) is 18.2 Å². The molecular formula is C22H34N3O4+. The van der Waals surface area contributed by atoms with Gasteiger partial charge in [-0.3, -0.25) is 9.37 Å². The van der Waals surface area contributed by atoms with Crippen LogP contribution in [0.2, 0.25) is 0 Å². The van der Waals surface area contributed by atoms with Crippen LogP contribution >= 0.6 is 0 Å². The zero-order valence-corrected chi connectivity index (χ0v) is 17.5. The topological polar surface area (TPSA) is 82.8 Å². The lowest BCUT2D eigenvalue weighted by Gasteiger charge is -2.50. The first-order chi connectivity index (χ1) is 14.0. The molecule has 5 heterocycles. The number of aliphatic carboxylic acids is 1. The van der Waals surface area contributed by atoms with Crippen LogP contribution in [0.4, 0.5) is 0 Å². The highest BCUT2D eigenvalue weighted by Gasteiger charge is 2.64. The first kappa shape index (κ1) is 19.4. The number of rotatable bonds is 2. The van der Waals surface area contributed by atoms with Crippen molar-refractivity contribution in [2.45, 2.75) is 107 Å². The van der Waals surface area contributed by atoms with Crippen LogP contribution in [0.3, 0.4) is 0 Å². The molecule has 7 atom stereocenters. The lowest BCUT2D eigenvalue weighted by atomic mass is 9.80. The van der Waals surface area contributed by atoms with Gasteiger partial charge in [-0.05, 0) is 45.4 Å². The van der Waals surface area contributed by atoms with Gasteiger partial charge in [-0.15, -0.1) is 0 Å². The van der Waals surface area contributed by atoms with E-state index in [0.717, 1.165) is 63.7 Å². The Balaban J connectivity index is 1.52. The molecule has 7 heteroatoms. The van der Waals surface area contributed by atoms with Crippen LogP contribution in [0.5, 0.6) is 0 Å². The largest absolute Gasteiger partial charge is 0.481 e. The van der Waals surface area contributed by atoms with E-state index in [1.165, 1.54) is 0 Å². The van der Waals surface area contributed by atoms with E-state index < -0.39 is 23.3 Å². The molecule has 0 amide bonds. The van der Waals surface area contributed by atoms with E-state index in [2.05, 4.69) is 41.2 Å². The third-order valence-electron chi connectivity index (χ3n) is 7.61. The van der Waals surface area contributed by atoms with Gasteiger partial charge in [0, 0.05) is 19.3 Å². The molecule has 5 rings (SSSR count). The molecule has 2 saturated heterocycles. The molecule has 5 aliphatic heterocycles. The van der Waals surface area contributed by atoms with Gasteiger partial charge in [0.05, 0.1) is 24.3 Å². The van der Waals surface area contributed by atoms with Crippen molar-refractivity contribution in [2.24, 2.45) is 5.92 Å². The highest BCUT2D eigenvalue weighted by molar-refractivity contribution is 5.81. The molecule has 0 saturated carbocycles. The monoisotopic (exact) mass is 404 g/mol. The first-order valence-electron chi connectivity index (χ1n) is 11.4. The van der Waals surface area contributed by atoms with Crippen LogP contribution < -0.4 is 10.6 Å². The Labute approximate surface area is 172 Å². The minimum Gasteiger partial charge on any atom is -0.481 e. The Kier molecular flexibility index (Phi) is 4.66. The summed E-state index contributed by atoms with van der Waals surface area (Å²) >= 11 is 0. The Morgan fingerprint density at radius 2 is 2.14 bits per heavy atom. The van der Waals surface area contributed by atoms with Gasteiger partial charge >= 0.3 is 11.9 Å². The van der Waals surface area contributed by atoms with E-state index in [0.29, 0.717) is 6.04 Å². The average molecular weight is 405 g/mol. The molecule has 0 aromatic carbocycles. The smallest absolute Gasteiger partial charge is 0.350 e. The minimum absolute atomic E-state index is 0.0326. The zero-order valence-electron chi connectivity index (χ0n) is 17.5. The number of guanidine groups is 1. The van der Waals surface area contributed by atoms with Crippen molar-refractivity contribution in [3.05, 3.63) is 12.2 Å². The lowest BCUT2D eigenvalue weighted by Crippen LogP contribution is -2.76. The van der Waals surface area contributed by atoms with Crippen LogP contribution in [-0.4, -0.2) is 57.4 Å². The Morgan fingerprint density at radius 1 is 1.28 bits per heavy atom. The summed E-state index contributed by atoms with van der Waals surface area (Å²) in [4.78, 5) is 12.4. The maximum absolute atomic E-state index is 12.4. The number of hydrogen-bond donors (Lipinski definition) is 3. The molecule has 0 aromatic rings. The molecule has 2 spiro atoms. The lowest BCUT2D eigenvalue weighted by molar-refractivity contribution is -0.609. The van der Waals surface area contributed by atoms with Crippen molar-refractivity contribution < 1.29 is 24.0 Å². The maximum atomic E-state index is 12.4. The van der Waals surface area contributed by atoms with E-state index in [1.54, 1.807) is 0 Å². The molecule has 0 radical (unpaired) electrons. The summed E-state index contributed by atoms with van der Waals surface area (Å²) in [6, 6.07) is 0.273. The van der Waals surface area contributed by atoms with Crippen molar-refractivity contribution in [1.82, 2.24) is 10.6 Å². The fourth-order valence-corrected chi connectivity index (χ4v) is 6.41. The molecular weight excluding hydrogens is 370 g/mol. The molecule has 5 aliphatic rings. The predicted molar refractivity (Wildman–Crippen MR) is 107 cm³/mol. The van der Waals surface area contributed by atoms with Crippen LogP contribution in [0.25, 0.3) is 0 Å². The summed E-state index contributed by atoms with van der Waals surface area (Å²) in [7, 11) is 0. The minimum atomic E-state index is -0.840. The maximum Gasteiger partial charge on any atom is 0.350 e. The van der Waals surface area contributed by atoms with Crippen molar-refractivity contribution in [3.63, 3.8) is 0 Å². The molecule has 3 N–H and O–H groups in total. The number of ether oxygens (including phenoxy) is 2. The summed E-state index contributed by atoms with van der Waals surface area (Å²) in [5.41, 5.74) is -1.24. The standard InChI is InChI=1S/C22H33N3O4/c1-3-16-8-4-5-11-21(29-16)13-15-9-10-17-18(19(26)27)22(12-6-7-14(2)28-22)24-20(23-21)25(15)17/h4,8,14-18H,3,5-7,9-13H2,1-2H3,(H2,23,24,26,27)/p+1/t14-,15+,16+,17-,18-,21+,22-/m1/s1. The van der Waals surface area contributed by atoms with E-state index in [9.17, 15) is 9.90 Å². The molecule has 0 bridgehead atoms. The SMILES string of the molecule is CC[C@H]1C=CCC[C@@]2(C[C@@H]3CC[C@@H]4[C@H](C(=O)O)[C@]5(CCC[C@@H](C)O5)NC(=[N+]34)N2)O1. The van der Waals surface area contributed by atoms with Gasteiger partial charge < -0.3 is 14.6 Å². The molecule has 7 nitrogen and oxygen atoms in total. The molecule has 0 unspecified atom stereocenters. The first-order valence-corrected chi connectivity index (χ1v) is 11.4. The van der Waals surface area contributed by atoms with Crippen molar-refractivity contribution in [1.29, 1.82) is 0 Å². The second-order valence-electron chi connectivity index (χ2n) is 9.56. The van der Waals surface area contributed by atoms with Gasteiger partial charge in [-0.2, -0.15) is 0 Å². The highest BCUT2D eigenvalue weighted by atomic mass is 16.5. The Bertz CT molecular complexity index is 752. The second-order valence-corrected chi connectivity index (χ2v) is 9.56. The quantitative estimate of drug-likeness (QED) is 0.484. The van der Waals surface area contributed by atoms with Gasteiger partial charge in [0.2, 0.25) is 5.72 Å². The molecule has 2 fully saturated rings. The van der Waals surface area contributed by atoms with Gasteiger partial charge in [0.1, 0.15) is 0 Å². The van der Waals surface area contributed by atoms with E-state index in [4.69, 9.17) is 9.47 Å². The summed E-state index contributed by atoms with van der Waals surface area (Å²) < 4.78 is 15.3. The third-order valence-corrected chi connectivity index (χ3v) is 7.61. The van der Waals surface area contributed by atoms with Gasteiger partial charge in [-0.25, -0.2) is 10.6 Å². The zero-order chi connectivity index (χ0) is 20.2. The van der Waals surface area contributed by atoms with Crippen molar-refractivity contribution >= 4 is 11.9 Å². The van der Waals surface area contributed by atoms with Gasteiger partial charge in [-0.1, -0.05) is 19.1 Å². The van der Waals surface area contributed by atoms with Crippen LogP contribution in [0.1, 0.15) is 71.6 Å². The summed E-state index contributed by atoms with van der Waals surface area (Å²) in [5, 5.41) is 17.5. The Morgan fingerprint density at radius 3 is 2.90 bits per heavy atom. The van der Waals surface area contributed by atoms with Crippen molar-refractivity contribution in [3.8, 4) is 0 Å². The fourth-order valence-electron chi connectivity index (χ4n) is 6.41. The van der Waals surface area contributed by atoms with Gasteiger partial charge in [0.15, 0.2) is 11.6 Å². The Hall–Kier alpha value is -1.60. The average Bonchev–Trinajstić information content (AvgIpc) is 2.96. The normalized spacial score (nSPS) is 46.2. The van der Waals surface area contributed by atoms with Crippen LogP contribution in [0, 0.1) is 5.92 Å². The molecule has 29 heavy (non-hydrogen) atoms. The van der Waals surface area contributed by atoms with E-state index >= 15 is 0 Å². The summed E-state index contributed by atoms with van der Waals surface area (Å²) in [6.07, 6.45) is 12.9. The number of nitrogens with zero attached hydrogens (tertiary/aromatic N) is 1. The van der Waals surface area contributed by atoms with Crippen LogP contribution in [-0.2, 0) is 14.3 Å². The highest BCUT2D eigenvalue weighted by Crippen LogP contribution is 2.45. The summed E-state index contributed by atoms with van der Waals surface area (Å²) in [5.74, 6) is -0.389. The molecule has 0 aliphatic carbocycles. The number of allylic oxidation sites excluding steroid dienone is 1. The van der Waals surface area contributed by atoms with Crippen molar-refractivity contribution in [2.75, 3.05) is 0 Å². The number of nitrogens with one attached hydrogen (secondary N) is 2.